The molecular weight excluding hydrogens is 166 g/mol. The maximum absolute atomic E-state index is 5.38. The van der Waals surface area contributed by atoms with Gasteiger partial charge in [-0.1, -0.05) is 25.9 Å². The van der Waals surface area contributed by atoms with Crippen molar-refractivity contribution >= 4 is 5.71 Å². The average molecular weight is 185 g/mol. The molecule has 1 unspecified atom stereocenters. The molecule has 0 aromatic carbocycles. The summed E-state index contributed by atoms with van der Waals surface area (Å²) in [5.41, 5.74) is 0.968. The molecule has 13 heavy (non-hydrogen) atoms. The fraction of sp³-hybridized carbons (Fsp3) is 0.900. The molecule has 0 saturated carbocycles. The zero-order chi connectivity index (χ0) is 10.1. The first kappa shape index (κ1) is 10.5. The minimum Gasteiger partial charge on any atom is -0.387 e. The average Bonchev–Trinajstić information content (AvgIpc) is 2.31. The zero-order valence-electron chi connectivity index (χ0n) is 9.18. The van der Waals surface area contributed by atoms with E-state index in [-0.39, 0.29) is 11.0 Å². The molecule has 0 N–H and O–H groups in total. The van der Waals surface area contributed by atoms with Gasteiger partial charge in [0.1, 0.15) is 0 Å². The van der Waals surface area contributed by atoms with E-state index in [4.69, 9.17) is 9.57 Å². The second-order valence-electron chi connectivity index (χ2n) is 4.94. The van der Waals surface area contributed by atoms with Crippen LogP contribution in [0.5, 0.6) is 0 Å². The number of hydrogen-bond donors (Lipinski definition) is 0. The van der Waals surface area contributed by atoms with Crippen molar-refractivity contribution in [1.29, 1.82) is 0 Å². The van der Waals surface area contributed by atoms with Gasteiger partial charge in [0.05, 0.1) is 12.3 Å². The van der Waals surface area contributed by atoms with Gasteiger partial charge in [-0.2, -0.15) is 0 Å². The third-order valence-corrected chi connectivity index (χ3v) is 2.23. The third kappa shape index (κ3) is 2.44. The Kier molecular flexibility index (Phi) is 2.66. The highest BCUT2D eigenvalue weighted by Crippen LogP contribution is 2.31. The van der Waals surface area contributed by atoms with Crippen LogP contribution in [-0.4, -0.2) is 25.0 Å². The maximum atomic E-state index is 5.38. The van der Waals surface area contributed by atoms with Gasteiger partial charge in [0.15, 0.2) is 5.60 Å². The normalized spacial score (nSPS) is 28.5. The quantitative estimate of drug-likeness (QED) is 0.660. The molecule has 0 fully saturated rings. The molecule has 0 aliphatic carbocycles. The van der Waals surface area contributed by atoms with Crippen LogP contribution in [0, 0.1) is 5.41 Å². The summed E-state index contributed by atoms with van der Waals surface area (Å²) in [5.74, 6) is 0. The van der Waals surface area contributed by atoms with Crippen LogP contribution in [0.1, 0.15) is 34.1 Å². The first-order valence-corrected chi connectivity index (χ1v) is 4.62. The Balaban J connectivity index is 2.60. The Hall–Kier alpha value is -0.570. The van der Waals surface area contributed by atoms with Gasteiger partial charge in [-0.05, 0) is 6.92 Å². The van der Waals surface area contributed by atoms with Crippen LogP contribution in [0.4, 0.5) is 0 Å². The van der Waals surface area contributed by atoms with Crippen LogP contribution in [0.2, 0.25) is 0 Å². The van der Waals surface area contributed by atoms with Crippen molar-refractivity contribution in [2.75, 3.05) is 13.7 Å². The lowest BCUT2D eigenvalue weighted by Gasteiger charge is -2.22. The Bertz CT molecular complexity index is 217. The summed E-state index contributed by atoms with van der Waals surface area (Å²) in [4.78, 5) is 5.38. The minimum atomic E-state index is -0.253. The summed E-state index contributed by atoms with van der Waals surface area (Å²) in [5, 5.41) is 4.12. The van der Waals surface area contributed by atoms with Gasteiger partial charge >= 0.3 is 0 Å². The van der Waals surface area contributed by atoms with E-state index in [0.29, 0.717) is 6.61 Å². The first-order chi connectivity index (χ1) is 5.87. The van der Waals surface area contributed by atoms with Crippen molar-refractivity contribution in [2.45, 2.75) is 39.7 Å². The molecule has 0 bridgehead atoms. The zero-order valence-corrected chi connectivity index (χ0v) is 9.18. The lowest BCUT2D eigenvalue weighted by Crippen LogP contribution is -2.32. The topological polar surface area (TPSA) is 30.8 Å². The highest BCUT2D eigenvalue weighted by Gasteiger charge is 2.38. The van der Waals surface area contributed by atoms with Crippen molar-refractivity contribution in [2.24, 2.45) is 10.6 Å². The SMILES string of the molecule is COCC1(C)CC(C(C)(C)C)=NO1. The van der Waals surface area contributed by atoms with Gasteiger partial charge in [-0.3, -0.25) is 0 Å². The van der Waals surface area contributed by atoms with Crippen molar-refractivity contribution in [3.05, 3.63) is 0 Å². The van der Waals surface area contributed by atoms with E-state index in [1.165, 1.54) is 0 Å². The van der Waals surface area contributed by atoms with Crippen molar-refractivity contribution in [3.63, 3.8) is 0 Å². The van der Waals surface area contributed by atoms with Gasteiger partial charge < -0.3 is 9.57 Å². The summed E-state index contributed by atoms with van der Waals surface area (Å²) < 4.78 is 5.09. The molecule has 1 atom stereocenters. The van der Waals surface area contributed by atoms with E-state index >= 15 is 0 Å². The molecule has 1 aliphatic rings. The lowest BCUT2D eigenvalue weighted by atomic mass is 9.84. The van der Waals surface area contributed by atoms with Crippen LogP contribution in [0.15, 0.2) is 5.16 Å². The smallest absolute Gasteiger partial charge is 0.163 e. The van der Waals surface area contributed by atoms with Gasteiger partial charge in [-0.15, -0.1) is 0 Å². The molecule has 0 saturated heterocycles. The molecule has 0 aromatic rings. The Morgan fingerprint density at radius 2 is 2.15 bits per heavy atom. The lowest BCUT2D eigenvalue weighted by molar-refractivity contribution is -0.0551. The van der Waals surface area contributed by atoms with E-state index in [2.05, 4.69) is 25.9 Å². The number of nitrogens with zero attached hydrogens (tertiary/aromatic N) is 1. The summed E-state index contributed by atoms with van der Waals surface area (Å²) in [6.07, 6.45) is 0.865. The molecular formula is C10H19NO2. The Morgan fingerprint density at radius 3 is 2.54 bits per heavy atom. The fourth-order valence-electron chi connectivity index (χ4n) is 1.37. The second kappa shape index (κ2) is 3.29. The van der Waals surface area contributed by atoms with Crippen LogP contribution in [0.3, 0.4) is 0 Å². The molecule has 0 aromatic heterocycles. The molecule has 1 aliphatic heterocycles. The number of methoxy groups -OCH3 is 1. The third-order valence-electron chi connectivity index (χ3n) is 2.23. The predicted molar refractivity (Wildman–Crippen MR) is 52.9 cm³/mol. The van der Waals surface area contributed by atoms with Crippen molar-refractivity contribution in [3.8, 4) is 0 Å². The summed E-state index contributed by atoms with van der Waals surface area (Å²) in [6, 6.07) is 0. The Morgan fingerprint density at radius 1 is 1.54 bits per heavy atom. The van der Waals surface area contributed by atoms with Crippen molar-refractivity contribution in [1.82, 2.24) is 0 Å². The van der Waals surface area contributed by atoms with E-state index < -0.39 is 0 Å². The largest absolute Gasteiger partial charge is 0.387 e. The minimum absolute atomic E-state index is 0.103. The number of hydrogen-bond acceptors (Lipinski definition) is 3. The molecule has 0 radical (unpaired) electrons. The first-order valence-electron chi connectivity index (χ1n) is 4.62. The van der Waals surface area contributed by atoms with Crippen molar-refractivity contribution < 1.29 is 9.57 Å². The standard InChI is InChI=1S/C10H19NO2/c1-9(2,3)8-6-10(4,7-12-5)13-11-8/h6-7H2,1-5H3. The summed E-state index contributed by atoms with van der Waals surface area (Å²) >= 11 is 0. The number of oxime groups is 1. The monoisotopic (exact) mass is 185 g/mol. The molecule has 76 valence electrons. The second-order valence-corrected chi connectivity index (χ2v) is 4.94. The van der Waals surface area contributed by atoms with Crippen LogP contribution in [-0.2, 0) is 9.57 Å². The van der Waals surface area contributed by atoms with E-state index in [1.54, 1.807) is 7.11 Å². The van der Waals surface area contributed by atoms with Gasteiger partial charge in [0, 0.05) is 18.9 Å². The molecule has 1 rings (SSSR count). The van der Waals surface area contributed by atoms with Gasteiger partial charge in [0.25, 0.3) is 0 Å². The molecule has 0 spiro atoms. The van der Waals surface area contributed by atoms with E-state index in [1.807, 2.05) is 6.92 Å². The van der Waals surface area contributed by atoms with E-state index in [0.717, 1.165) is 12.1 Å². The van der Waals surface area contributed by atoms with Crippen LogP contribution in [0.25, 0.3) is 0 Å². The Labute approximate surface area is 80.1 Å². The van der Waals surface area contributed by atoms with E-state index in [9.17, 15) is 0 Å². The highest BCUT2D eigenvalue weighted by molar-refractivity contribution is 5.90. The van der Waals surface area contributed by atoms with Crippen LogP contribution < -0.4 is 0 Å². The van der Waals surface area contributed by atoms with Crippen LogP contribution >= 0.6 is 0 Å². The number of rotatable bonds is 2. The van der Waals surface area contributed by atoms with Gasteiger partial charge in [-0.25, -0.2) is 0 Å². The molecule has 1 heterocycles. The summed E-state index contributed by atoms with van der Waals surface area (Å²) in [6.45, 7) is 9.06. The summed E-state index contributed by atoms with van der Waals surface area (Å²) in [7, 11) is 1.68. The number of ether oxygens (including phenoxy) is 1. The molecule has 0 amide bonds. The fourth-order valence-corrected chi connectivity index (χ4v) is 1.37. The van der Waals surface area contributed by atoms with Gasteiger partial charge in [0.2, 0.25) is 0 Å². The molecule has 3 nitrogen and oxygen atoms in total. The molecule has 3 heteroatoms. The maximum Gasteiger partial charge on any atom is 0.163 e. The predicted octanol–water partition coefficient (Wildman–Crippen LogP) is 2.21. The highest BCUT2D eigenvalue weighted by atomic mass is 16.7.